The highest BCUT2D eigenvalue weighted by atomic mass is 32.2. The highest BCUT2D eigenvalue weighted by Gasteiger charge is 2.44. The molecule has 0 aromatic rings. The summed E-state index contributed by atoms with van der Waals surface area (Å²) in [5, 5.41) is 3.29. The molecule has 2 heterocycles. The molecular weight excluding hydrogens is 262 g/mol. The van der Waals surface area contributed by atoms with Gasteiger partial charge in [-0.1, -0.05) is 6.92 Å². The van der Waals surface area contributed by atoms with E-state index in [1.165, 1.54) is 0 Å². The van der Waals surface area contributed by atoms with Crippen LogP contribution in [0, 0.1) is 0 Å². The number of piperidine rings is 1. The molecule has 0 amide bonds. The molecule has 5 nitrogen and oxygen atoms in total. The molecule has 19 heavy (non-hydrogen) atoms. The predicted molar refractivity (Wildman–Crippen MR) is 78.2 cm³/mol. The van der Waals surface area contributed by atoms with Crippen molar-refractivity contribution >= 4 is 9.84 Å². The van der Waals surface area contributed by atoms with E-state index in [1.54, 1.807) is 6.92 Å². The van der Waals surface area contributed by atoms with Gasteiger partial charge in [-0.2, -0.15) is 0 Å². The summed E-state index contributed by atoms with van der Waals surface area (Å²) in [6, 6.07) is 0. The monoisotopic (exact) mass is 289 g/mol. The average molecular weight is 289 g/mol. The SMILES string of the molecule is CCS(=O)(=O)C1(CN2CCN(C)CC2)CCNCC1. The van der Waals surface area contributed by atoms with Crippen molar-refractivity contribution < 1.29 is 8.42 Å². The first-order valence-electron chi connectivity index (χ1n) is 7.33. The minimum atomic E-state index is -2.99. The summed E-state index contributed by atoms with van der Waals surface area (Å²) in [6.45, 7) is 8.22. The second kappa shape index (κ2) is 6.08. The Labute approximate surface area is 117 Å². The van der Waals surface area contributed by atoms with E-state index in [1.807, 2.05) is 0 Å². The Hall–Kier alpha value is -0.170. The van der Waals surface area contributed by atoms with Gasteiger partial charge in [0, 0.05) is 38.5 Å². The lowest BCUT2D eigenvalue weighted by Gasteiger charge is -2.42. The fourth-order valence-electron chi connectivity index (χ4n) is 3.17. The van der Waals surface area contributed by atoms with Crippen molar-refractivity contribution in [2.24, 2.45) is 0 Å². The third-order valence-corrected chi connectivity index (χ3v) is 7.28. The second-order valence-electron chi connectivity index (χ2n) is 5.92. The number of nitrogens with one attached hydrogen (secondary N) is 1. The molecule has 2 rings (SSSR count). The summed E-state index contributed by atoms with van der Waals surface area (Å²) in [4.78, 5) is 4.65. The molecule has 0 unspecified atom stereocenters. The standard InChI is InChI=1S/C13H27N3O2S/c1-3-19(17,18)13(4-6-14-7-5-13)12-16-10-8-15(2)9-11-16/h14H,3-12H2,1-2H3. The van der Waals surface area contributed by atoms with Crippen LogP contribution in [0.5, 0.6) is 0 Å². The average Bonchev–Trinajstić information content (AvgIpc) is 2.42. The number of likely N-dealkylation sites (N-methyl/N-ethyl adjacent to an activating group) is 1. The van der Waals surface area contributed by atoms with Gasteiger partial charge < -0.3 is 10.2 Å². The molecule has 0 spiro atoms. The van der Waals surface area contributed by atoms with E-state index in [-0.39, 0.29) is 5.75 Å². The van der Waals surface area contributed by atoms with Crippen LogP contribution in [0.3, 0.4) is 0 Å². The largest absolute Gasteiger partial charge is 0.317 e. The van der Waals surface area contributed by atoms with Gasteiger partial charge >= 0.3 is 0 Å². The van der Waals surface area contributed by atoms with Gasteiger partial charge in [0.25, 0.3) is 0 Å². The van der Waals surface area contributed by atoms with Crippen molar-refractivity contribution in [3.05, 3.63) is 0 Å². The van der Waals surface area contributed by atoms with Crippen LogP contribution in [0.15, 0.2) is 0 Å². The molecular formula is C13H27N3O2S. The molecule has 2 fully saturated rings. The van der Waals surface area contributed by atoms with Gasteiger partial charge in [0.05, 0.1) is 4.75 Å². The van der Waals surface area contributed by atoms with Crippen LogP contribution in [0.2, 0.25) is 0 Å². The second-order valence-corrected chi connectivity index (χ2v) is 8.59. The van der Waals surface area contributed by atoms with Gasteiger partial charge in [0.1, 0.15) is 0 Å². The summed E-state index contributed by atoms with van der Waals surface area (Å²) >= 11 is 0. The lowest BCUT2D eigenvalue weighted by atomic mass is 9.96. The molecule has 0 aromatic heterocycles. The van der Waals surface area contributed by atoms with Crippen molar-refractivity contribution in [2.45, 2.75) is 24.5 Å². The van der Waals surface area contributed by atoms with Gasteiger partial charge in [-0.25, -0.2) is 8.42 Å². The Kier molecular flexibility index (Phi) is 4.87. The summed E-state index contributed by atoms with van der Waals surface area (Å²) in [5.41, 5.74) is 0. The van der Waals surface area contributed by atoms with Gasteiger partial charge in [0.15, 0.2) is 9.84 Å². The number of nitrogens with zero attached hydrogens (tertiary/aromatic N) is 2. The summed E-state index contributed by atoms with van der Waals surface area (Å²) in [6.07, 6.45) is 1.52. The highest BCUT2D eigenvalue weighted by Crippen LogP contribution is 2.30. The first-order valence-corrected chi connectivity index (χ1v) is 8.98. The zero-order chi connectivity index (χ0) is 13.9. The van der Waals surface area contributed by atoms with Gasteiger partial charge in [-0.15, -0.1) is 0 Å². The maximum Gasteiger partial charge on any atom is 0.157 e. The zero-order valence-corrected chi connectivity index (χ0v) is 13.0. The molecule has 0 aromatic carbocycles. The third kappa shape index (κ3) is 3.29. The molecule has 1 N–H and O–H groups in total. The van der Waals surface area contributed by atoms with Gasteiger partial charge in [-0.05, 0) is 33.0 Å². The molecule has 2 aliphatic rings. The minimum absolute atomic E-state index is 0.265. The first kappa shape index (κ1) is 15.2. The minimum Gasteiger partial charge on any atom is -0.317 e. The summed E-state index contributed by atoms with van der Waals surface area (Å²) in [5.74, 6) is 0.265. The number of rotatable bonds is 4. The third-order valence-electron chi connectivity index (χ3n) is 4.66. The van der Waals surface area contributed by atoms with E-state index in [4.69, 9.17) is 0 Å². The number of hydrogen-bond acceptors (Lipinski definition) is 5. The van der Waals surface area contributed by atoms with Crippen LogP contribution in [-0.2, 0) is 9.84 Å². The van der Waals surface area contributed by atoms with E-state index in [0.717, 1.165) is 58.7 Å². The molecule has 0 radical (unpaired) electrons. The zero-order valence-electron chi connectivity index (χ0n) is 12.2. The first-order chi connectivity index (χ1) is 8.99. The number of piperazine rings is 1. The van der Waals surface area contributed by atoms with Crippen molar-refractivity contribution in [1.29, 1.82) is 0 Å². The summed E-state index contributed by atoms with van der Waals surface area (Å²) < 4.78 is 24.6. The number of sulfone groups is 1. The Balaban J connectivity index is 2.10. The van der Waals surface area contributed by atoms with Crippen LogP contribution in [0.25, 0.3) is 0 Å². The Bertz CT molecular complexity index is 383. The van der Waals surface area contributed by atoms with Crippen molar-refractivity contribution in [3.63, 3.8) is 0 Å². The van der Waals surface area contributed by atoms with Crippen LogP contribution >= 0.6 is 0 Å². The van der Waals surface area contributed by atoms with E-state index < -0.39 is 14.6 Å². The maximum absolute atomic E-state index is 12.5. The number of hydrogen-bond donors (Lipinski definition) is 1. The smallest absolute Gasteiger partial charge is 0.157 e. The predicted octanol–water partition coefficient (Wildman–Crippen LogP) is -0.209. The van der Waals surface area contributed by atoms with E-state index in [9.17, 15) is 8.42 Å². The molecule has 112 valence electrons. The quantitative estimate of drug-likeness (QED) is 0.776. The maximum atomic E-state index is 12.5. The van der Waals surface area contributed by atoms with Crippen molar-refractivity contribution in [3.8, 4) is 0 Å². The Morgan fingerprint density at radius 2 is 1.68 bits per heavy atom. The van der Waals surface area contributed by atoms with E-state index in [2.05, 4.69) is 22.2 Å². The summed E-state index contributed by atoms with van der Waals surface area (Å²) in [7, 11) is -0.866. The lowest BCUT2D eigenvalue weighted by molar-refractivity contribution is 0.133. The van der Waals surface area contributed by atoms with Crippen LogP contribution < -0.4 is 5.32 Å². The van der Waals surface area contributed by atoms with Crippen LogP contribution in [-0.4, -0.2) is 81.6 Å². The topological polar surface area (TPSA) is 52.7 Å². The van der Waals surface area contributed by atoms with Crippen LogP contribution in [0.1, 0.15) is 19.8 Å². The molecule has 6 heteroatoms. The van der Waals surface area contributed by atoms with Gasteiger partial charge in [0.2, 0.25) is 0 Å². The Morgan fingerprint density at radius 3 is 2.21 bits per heavy atom. The fraction of sp³-hybridized carbons (Fsp3) is 1.00. The molecule has 0 bridgehead atoms. The van der Waals surface area contributed by atoms with Gasteiger partial charge in [-0.3, -0.25) is 4.90 Å². The van der Waals surface area contributed by atoms with Crippen molar-refractivity contribution in [1.82, 2.24) is 15.1 Å². The lowest BCUT2D eigenvalue weighted by Crippen LogP contribution is -2.57. The Morgan fingerprint density at radius 1 is 1.11 bits per heavy atom. The normalized spacial score (nSPS) is 26.4. The molecule has 0 saturated carbocycles. The molecule has 2 aliphatic heterocycles. The van der Waals surface area contributed by atoms with E-state index in [0.29, 0.717) is 0 Å². The van der Waals surface area contributed by atoms with Crippen LogP contribution in [0.4, 0.5) is 0 Å². The molecule has 2 saturated heterocycles. The molecule has 0 atom stereocenters. The highest BCUT2D eigenvalue weighted by molar-refractivity contribution is 7.92. The fourth-order valence-corrected chi connectivity index (χ4v) is 4.99. The van der Waals surface area contributed by atoms with E-state index >= 15 is 0 Å². The van der Waals surface area contributed by atoms with Crippen molar-refractivity contribution in [2.75, 3.05) is 58.6 Å². The molecule has 0 aliphatic carbocycles.